The maximum Gasteiger partial charge on any atom is 0.255 e. The molecule has 11 heteroatoms. The van der Waals surface area contributed by atoms with Crippen molar-refractivity contribution in [1.29, 1.82) is 0 Å². The maximum absolute atomic E-state index is 13.1. The van der Waals surface area contributed by atoms with E-state index >= 15 is 0 Å². The second-order valence-electron chi connectivity index (χ2n) is 14.0. The number of sulfonamides is 1. The molecule has 234 valence electrons. The van der Waals surface area contributed by atoms with Crippen molar-refractivity contribution in [3.63, 3.8) is 0 Å². The van der Waals surface area contributed by atoms with Gasteiger partial charge in [-0.2, -0.15) is 0 Å². The molecule has 6 aliphatic rings. The molecule has 1 aromatic rings. The highest BCUT2D eigenvalue weighted by Crippen LogP contribution is 2.43. The van der Waals surface area contributed by atoms with Crippen LogP contribution in [0.4, 0.5) is 0 Å². The summed E-state index contributed by atoms with van der Waals surface area (Å²) in [5.74, 6) is 1.12. The number of nitrogens with zero attached hydrogens (tertiary/aromatic N) is 3. The number of likely N-dealkylation sites (tertiary alicyclic amines) is 1. The van der Waals surface area contributed by atoms with E-state index in [1.165, 1.54) is 6.42 Å². The van der Waals surface area contributed by atoms with Gasteiger partial charge in [-0.1, -0.05) is 12.8 Å². The molecule has 10 nitrogen and oxygen atoms in total. The van der Waals surface area contributed by atoms with Crippen LogP contribution >= 0.6 is 0 Å². The fourth-order valence-corrected chi connectivity index (χ4v) is 10.5. The second-order valence-corrected chi connectivity index (χ2v) is 16.4. The van der Waals surface area contributed by atoms with E-state index in [9.17, 15) is 22.8 Å². The SMILES string of the molecule is CC1(S(=O)(=O)N2CCC(C3CN([C@@H]4CCCC[C@@H]4Oc4ccc5c(c4)CN(C4CCC(=O)NC4=O)C5=O)C3)CC2)CCC1. The Hall–Kier alpha value is -2.50. The Morgan fingerprint density at radius 3 is 2.37 bits per heavy atom. The van der Waals surface area contributed by atoms with Gasteiger partial charge in [0.1, 0.15) is 17.9 Å². The van der Waals surface area contributed by atoms with Crippen molar-refractivity contribution in [2.75, 3.05) is 26.2 Å². The first-order chi connectivity index (χ1) is 20.6. The number of benzene rings is 1. The Kier molecular flexibility index (Phi) is 7.57. The summed E-state index contributed by atoms with van der Waals surface area (Å²) in [4.78, 5) is 41.2. The van der Waals surface area contributed by atoms with Crippen molar-refractivity contribution in [2.45, 2.75) is 107 Å². The molecule has 5 fully saturated rings. The van der Waals surface area contributed by atoms with Gasteiger partial charge in [-0.05, 0) is 93.9 Å². The van der Waals surface area contributed by atoms with Crippen molar-refractivity contribution >= 4 is 27.7 Å². The lowest BCUT2D eigenvalue weighted by Crippen LogP contribution is -2.60. The highest BCUT2D eigenvalue weighted by Gasteiger charge is 2.49. The van der Waals surface area contributed by atoms with Gasteiger partial charge in [0.2, 0.25) is 21.8 Å². The maximum atomic E-state index is 13.1. The van der Waals surface area contributed by atoms with E-state index in [1.54, 1.807) is 9.21 Å². The minimum absolute atomic E-state index is 0.0892. The molecule has 1 aromatic carbocycles. The summed E-state index contributed by atoms with van der Waals surface area (Å²) in [6, 6.07) is 5.39. The molecule has 0 spiro atoms. The van der Waals surface area contributed by atoms with Crippen LogP contribution in [0.15, 0.2) is 18.2 Å². The fraction of sp³-hybridized carbons (Fsp3) is 0.719. The summed E-state index contributed by atoms with van der Waals surface area (Å²) in [5, 5.41) is 2.36. The first-order valence-electron chi connectivity index (χ1n) is 16.3. The summed E-state index contributed by atoms with van der Waals surface area (Å²) in [6.45, 7) is 5.70. The van der Waals surface area contributed by atoms with Gasteiger partial charge in [0, 0.05) is 50.7 Å². The van der Waals surface area contributed by atoms with E-state index in [4.69, 9.17) is 4.74 Å². The van der Waals surface area contributed by atoms with Gasteiger partial charge in [0.25, 0.3) is 5.91 Å². The van der Waals surface area contributed by atoms with Gasteiger partial charge in [0.05, 0.1) is 4.75 Å². The third-order valence-corrected chi connectivity index (χ3v) is 14.1. The zero-order valence-electron chi connectivity index (χ0n) is 25.1. The number of carbonyl (C=O) groups excluding carboxylic acids is 3. The van der Waals surface area contributed by atoms with Crippen LogP contribution in [0.25, 0.3) is 0 Å². The molecule has 3 saturated heterocycles. The first kappa shape index (κ1) is 29.2. The van der Waals surface area contributed by atoms with Gasteiger partial charge in [-0.15, -0.1) is 0 Å². The highest BCUT2D eigenvalue weighted by molar-refractivity contribution is 7.90. The van der Waals surface area contributed by atoms with Gasteiger partial charge in [-0.3, -0.25) is 24.6 Å². The minimum atomic E-state index is -3.19. The fourth-order valence-electron chi connectivity index (χ4n) is 8.38. The average Bonchev–Trinajstić information content (AvgIpc) is 3.27. The number of amides is 3. The number of fused-ring (bicyclic) bond motifs is 1. The van der Waals surface area contributed by atoms with Gasteiger partial charge in [0.15, 0.2) is 0 Å². The third-order valence-electron chi connectivity index (χ3n) is 11.4. The van der Waals surface area contributed by atoms with Crippen LogP contribution in [0, 0.1) is 11.8 Å². The Balaban J connectivity index is 0.938. The summed E-state index contributed by atoms with van der Waals surface area (Å²) in [5.41, 5.74) is 1.46. The second kappa shape index (κ2) is 11.1. The average molecular weight is 613 g/mol. The molecule has 0 radical (unpaired) electrons. The molecule has 0 bridgehead atoms. The van der Waals surface area contributed by atoms with E-state index in [0.29, 0.717) is 49.5 Å². The number of ether oxygens (including phenoxy) is 1. The van der Waals surface area contributed by atoms with Crippen LogP contribution in [0.3, 0.4) is 0 Å². The lowest BCUT2D eigenvalue weighted by Gasteiger charge is -2.52. The monoisotopic (exact) mass is 612 g/mol. The van der Waals surface area contributed by atoms with Crippen molar-refractivity contribution in [1.82, 2.24) is 19.4 Å². The van der Waals surface area contributed by atoms with E-state index in [1.807, 2.05) is 25.1 Å². The molecule has 3 atom stereocenters. The molecule has 43 heavy (non-hydrogen) atoms. The topological polar surface area (TPSA) is 116 Å². The van der Waals surface area contributed by atoms with Crippen LogP contribution in [0.1, 0.15) is 93.5 Å². The number of hydrogen-bond donors (Lipinski definition) is 1. The van der Waals surface area contributed by atoms with Crippen LogP contribution in [-0.2, 0) is 26.2 Å². The first-order valence-corrected chi connectivity index (χ1v) is 17.7. The van der Waals surface area contributed by atoms with Gasteiger partial charge >= 0.3 is 0 Å². The molecule has 1 unspecified atom stereocenters. The van der Waals surface area contributed by atoms with Crippen molar-refractivity contribution in [3.8, 4) is 5.75 Å². The zero-order valence-corrected chi connectivity index (χ0v) is 25.9. The number of piperidine rings is 2. The van der Waals surface area contributed by atoms with E-state index in [2.05, 4.69) is 10.2 Å². The van der Waals surface area contributed by atoms with Gasteiger partial charge < -0.3 is 9.64 Å². The Morgan fingerprint density at radius 2 is 1.67 bits per heavy atom. The predicted octanol–water partition coefficient (Wildman–Crippen LogP) is 3.05. The van der Waals surface area contributed by atoms with E-state index in [-0.39, 0.29) is 24.3 Å². The quantitative estimate of drug-likeness (QED) is 0.471. The van der Waals surface area contributed by atoms with Crippen molar-refractivity contribution in [3.05, 3.63) is 29.3 Å². The summed E-state index contributed by atoms with van der Waals surface area (Å²) in [6.07, 6.45) is 9.65. The highest BCUT2D eigenvalue weighted by atomic mass is 32.2. The van der Waals surface area contributed by atoms with Crippen LogP contribution in [-0.4, -0.2) is 89.4 Å². The smallest absolute Gasteiger partial charge is 0.255 e. The number of rotatable bonds is 7. The molecule has 1 N–H and O–H groups in total. The summed E-state index contributed by atoms with van der Waals surface area (Å²) in [7, 11) is -3.19. The lowest BCUT2D eigenvalue weighted by molar-refractivity contribution is -0.136. The molecule has 4 aliphatic heterocycles. The molecule has 3 amide bonds. The van der Waals surface area contributed by atoms with Crippen molar-refractivity contribution < 1.29 is 27.5 Å². The molecular weight excluding hydrogens is 568 g/mol. The Labute approximate surface area is 254 Å². The number of carbonyl (C=O) groups is 3. The minimum Gasteiger partial charge on any atom is -0.489 e. The Morgan fingerprint density at radius 1 is 0.930 bits per heavy atom. The van der Waals surface area contributed by atoms with Crippen molar-refractivity contribution in [2.24, 2.45) is 11.8 Å². The van der Waals surface area contributed by atoms with Gasteiger partial charge in [-0.25, -0.2) is 12.7 Å². The normalized spacial score (nSPS) is 30.9. The largest absolute Gasteiger partial charge is 0.489 e. The summed E-state index contributed by atoms with van der Waals surface area (Å²) < 4.78 is 34.1. The zero-order chi connectivity index (χ0) is 29.9. The van der Waals surface area contributed by atoms with E-state index < -0.39 is 26.7 Å². The molecule has 4 heterocycles. The number of hydrogen-bond acceptors (Lipinski definition) is 7. The molecule has 0 aromatic heterocycles. The predicted molar refractivity (Wildman–Crippen MR) is 160 cm³/mol. The third kappa shape index (κ3) is 5.19. The Bertz CT molecular complexity index is 1400. The number of nitrogens with one attached hydrogen (secondary N) is 1. The van der Waals surface area contributed by atoms with Crippen LogP contribution in [0.5, 0.6) is 5.75 Å². The molecule has 7 rings (SSSR count). The lowest BCUT2D eigenvalue weighted by atomic mass is 9.78. The van der Waals surface area contributed by atoms with Crippen LogP contribution in [0.2, 0.25) is 0 Å². The molecule has 2 saturated carbocycles. The summed E-state index contributed by atoms with van der Waals surface area (Å²) >= 11 is 0. The molecular formula is C32H44N4O6S. The van der Waals surface area contributed by atoms with Crippen LogP contribution < -0.4 is 10.1 Å². The van der Waals surface area contributed by atoms with E-state index in [0.717, 1.165) is 75.8 Å². The molecule has 2 aliphatic carbocycles. The number of imide groups is 1. The standard InChI is InChI=1S/C32H44N4O6S/c1-32(13-4-14-32)43(40,41)35-15-11-21(12-16-35)23-18-34(19-23)26-5-2-3-6-28(26)42-24-7-8-25-22(17-24)20-36(31(25)39)27-9-10-29(37)33-30(27)38/h7-8,17,21,23,26-28H,2-6,9-16,18-20H2,1H3,(H,33,37,38)/t26-,27?,28+/m1/s1.